The van der Waals surface area contributed by atoms with Gasteiger partial charge >= 0.3 is 0 Å². The van der Waals surface area contributed by atoms with E-state index in [4.69, 9.17) is 5.73 Å². The molecule has 0 aromatic heterocycles. The number of nitrogens with zero attached hydrogens (tertiary/aromatic N) is 1. The topological polar surface area (TPSA) is 29.3 Å². The molecule has 0 aromatic carbocycles. The highest BCUT2D eigenvalue weighted by Crippen LogP contribution is 2.23. The van der Waals surface area contributed by atoms with Crippen LogP contribution in [0.3, 0.4) is 0 Å². The van der Waals surface area contributed by atoms with Crippen molar-refractivity contribution in [2.24, 2.45) is 11.7 Å². The fourth-order valence-electron chi connectivity index (χ4n) is 1.99. The van der Waals surface area contributed by atoms with E-state index in [0.29, 0.717) is 6.04 Å². The van der Waals surface area contributed by atoms with Gasteiger partial charge in [-0.25, -0.2) is 0 Å². The summed E-state index contributed by atoms with van der Waals surface area (Å²) in [5, 5.41) is 0. The predicted octanol–water partition coefficient (Wildman–Crippen LogP) is 1.46. The van der Waals surface area contributed by atoms with E-state index >= 15 is 0 Å². The van der Waals surface area contributed by atoms with Gasteiger partial charge in [0.1, 0.15) is 0 Å². The van der Waals surface area contributed by atoms with Crippen molar-refractivity contribution in [1.82, 2.24) is 4.90 Å². The quantitative estimate of drug-likeness (QED) is 0.694. The Labute approximate surface area is 76.1 Å². The lowest BCUT2D eigenvalue weighted by molar-refractivity contribution is 0.217. The Hall–Kier alpha value is -0.0800. The maximum Gasteiger partial charge on any atom is 0.00793 e. The molecule has 0 amide bonds. The number of hydrogen-bond acceptors (Lipinski definition) is 2. The molecule has 0 aromatic rings. The third-order valence-corrected chi connectivity index (χ3v) is 3.05. The third kappa shape index (κ3) is 2.76. The molecule has 0 radical (unpaired) electrons. The molecule has 12 heavy (non-hydrogen) atoms. The van der Waals surface area contributed by atoms with E-state index in [0.717, 1.165) is 12.5 Å². The van der Waals surface area contributed by atoms with E-state index in [1.165, 1.54) is 32.2 Å². The normalized spacial score (nSPS) is 31.0. The lowest BCUT2D eigenvalue weighted by Gasteiger charge is -2.31. The maximum atomic E-state index is 6.06. The molecule has 0 heterocycles. The molecule has 1 rings (SSSR count). The minimum absolute atomic E-state index is 0.466. The Morgan fingerprint density at radius 3 is 2.58 bits per heavy atom. The van der Waals surface area contributed by atoms with E-state index < -0.39 is 0 Å². The Morgan fingerprint density at radius 1 is 1.33 bits per heavy atom. The van der Waals surface area contributed by atoms with Crippen LogP contribution in [-0.2, 0) is 0 Å². The zero-order chi connectivity index (χ0) is 8.97. The highest BCUT2D eigenvalue weighted by Gasteiger charge is 2.22. The summed E-state index contributed by atoms with van der Waals surface area (Å²) in [6, 6.07) is 0.466. The summed E-state index contributed by atoms with van der Waals surface area (Å²) >= 11 is 0. The second-order valence-electron chi connectivity index (χ2n) is 4.06. The van der Waals surface area contributed by atoms with Crippen LogP contribution in [0.1, 0.15) is 32.6 Å². The summed E-state index contributed by atoms with van der Waals surface area (Å²) in [5.41, 5.74) is 6.06. The van der Waals surface area contributed by atoms with Gasteiger partial charge in [-0.1, -0.05) is 19.8 Å². The van der Waals surface area contributed by atoms with Crippen molar-refractivity contribution in [2.75, 3.05) is 20.1 Å². The molecule has 2 unspecified atom stereocenters. The van der Waals surface area contributed by atoms with E-state index in [1.807, 2.05) is 0 Å². The highest BCUT2D eigenvalue weighted by molar-refractivity contribution is 4.79. The first kappa shape index (κ1) is 10.0. The van der Waals surface area contributed by atoms with Crippen LogP contribution in [-0.4, -0.2) is 31.1 Å². The number of rotatable bonds is 3. The van der Waals surface area contributed by atoms with Crippen molar-refractivity contribution in [2.45, 2.75) is 38.6 Å². The molecule has 1 aliphatic rings. The zero-order valence-corrected chi connectivity index (χ0v) is 8.42. The molecule has 2 atom stereocenters. The van der Waals surface area contributed by atoms with Gasteiger partial charge in [-0.05, 0) is 32.4 Å². The van der Waals surface area contributed by atoms with E-state index in [-0.39, 0.29) is 0 Å². The molecule has 2 heteroatoms. The molecule has 1 saturated carbocycles. The summed E-state index contributed by atoms with van der Waals surface area (Å²) in [4.78, 5) is 2.37. The van der Waals surface area contributed by atoms with Gasteiger partial charge in [-0.2, -0.15) is 0 Å². The lowest BCUT2D eigenvalue weighted by Crippen LogP contribution is -2.39. The van der Waals surface area contributed by atoms with E-state index in [2.05, 4.69) is 18.9 Å². The van der Waals surface area contributed by atoms with Gasteiger partial charge in [-0.3, -0.25) is 0 Å². The molecular weight excluding hydrogens is 148 g/mol. The monoisotopic (exact) mass is 170 g/mol. The van der Waals surface area contributed by atoms with Crippen molar-refractivity contribution < 1.29 is 0 Å². The second kappa shape index (κ2) is 4.83. The van der Waals surface area contributed by atoms with Crippen molar-refractivity contribution >= 4 is 0 Å². The first-order valence-electron chi connectivity index (χ1n) is 5.18. The Balaban J connectivity index is 2.28. The van der Waals surface area contributed by atoms with Gasteiger partial charge < -0.3 is 10.6 Å². The minimum Gasteiger partial charge on any atom is -0.327 e. The second-order valence-corrected chi connectivity index (χ2v) is 4.06. The van der Waals surface area contributed by atoms with Gasteiger partial charge in [0.05, 0.1) is 0 Å². The molecule has 0 spiro atoms. The summed E-state index contributed by atoms with van der Waals surface area (Å²) in [6.07, 6.45) is 5.30. The Kier molecular flexibility index (Phi) is 4.02. The SMILES string of the molecule is CCN(C)CC1CCCCC1N. The maximum absolute atomic E-state index is 6.06. The summed E-state index contributed by atoms with van der Waals surface area (Å²) < 4.78 is 0. The first-order chi connectivity index (χ1) is 5.74. The average Bonchev–Trinajstić information content (AvgIpc) is 2.09. The van der Waals surface area contributed by atoms with Crippen LogP contribution < -0.4 is 5.73 Å². The zero-order valence-electron chi connectivity index (χ0n) is 8.42. The fourth-order valence-corrected chi connectivity index (χ4v) is 1.99. The van der Waals surface area contributed by atoms with Crippen LogP contribution in [0.15, 0.2) is 0 Å². The number of hydrogen-bond donors (Lipinski definition) is 1. The van der Waals surface area contributed by atoms with Gasteiger partial charge in [-0.15, -0.1) is 0 Å². The van der Waals surface area contributed by atoms with Crippen LogP contribution >= 0.6 is 0 Å². The van der Waals surface area contributed by atoms with Crippen molar-refractivity contribution in [1.29, 1.82) is 0 Å². The predicted molar refractivity (Wildman–Crippen MR) is 53.1 cm³/mol. The van der Waals surface area contributed by atoms with Crippen LogP contribution in [0, 0.1) is 5.92 Å². The van der Waals surface area contributed by atoms with Crippen LogP contribution in [0.4, 0.5) is 0 Å². The van der Waals surface area contributed by atoms with Crippen molar-refractivity contribution in [3.8, 4) is 0 Å². The fraction of sp³-hybridized carbons (Fsp3) is 1.00. The van der Waals surface area contributed by atoms with E-state index in [9.17, 15) is 0 Å². The van der Waals surface area contributed by atoms with Crippen LogP contribution in [0.5, 0.6) is 0 Å². The summed E-state index contributed by atoms with van der Waals surface area (Å²) in [6.45, 7) is 4.54. The molecule has 0 saturated heterocycles. The van der Waals surface area contributed by atoms with Gasteiger partial charge in [0.25, 0.3) is 0 Å². The minimum atomic E-state index is 0.466. The van der Waals surface area contributed by atoms with Gasteiger partial charge in [0.15, 0.2) is 0 Å². The van der Waals surface area contributed by atoms with Crippen molar-refractivity contribution in [3.05, 3.63) is 0 Å². The molecule has 0 bridgehead atoms. The number of nitrogens with two attached hydrogens (primary N) is 1. The molecule has 2 N–H and O–H groups in total. The molecular formula is C10H22N2. The smallest absolute Gasteiger partial charge is 0.00793 e. The summed E-state index contributed by atoms with van der Waals surface area (Å²) in [7, 11) is 2.18. The molecule has 1 fully saturated rings. The van der Waals surface area contributed by atoms with Crippen LogP contribution in [0.25, 0.3) is 0 Å². The standard InChI is InChI=1S/C10H22N2/c1-3-12(2)8-9-6-4-5-7-10(9)11/h9-10H,3-8,11H2,1-2H3. The summed E-state index contributed by atoms with van der Waals surface area (Å²) in [5.74, 6) is 0.753. The third-order valence-electron chi connectivity index (χ3n) is 3.05. The molecule has 1 aliphatic carbocycles. The van der Waals surface area contributed by atoms with E-state index in [1.54, 1.807) is 0 Å². The molecule has 2 nitrogen and oxygen atoms in total. The Morgan fingerprint density at radius 2 is 2.00 bits per heavy atom. The van der Waals surface area contributed by atoms with Crippen molar-refractivity contribution in [3.63, 3.8) is 0 Å². The molecule has 72 valence electrons. The van der Waals surface area contributed by atoms with Gasteiger partial charge in [0, 0.05) is 12.6 Å². The highest BCUT2D eigenvalue weighted by atomic mass is 15.1. The van der Waals surface area contributed by atoms with Crippen LogP contribution in [0.2, 0.25) is 0 Å². The largest absolute Gasteiger partial charge is 0.327 e. The average molecular weight is 170 g/mol. The molecule has 0 aliphatic heterocycles. The van der Waals surface area contributed by atoms with Gasteiger partial charge in [0.2, 0.25) is 0 Å². The lowest BCUT2D eigenvalue weighted by atomic mass is 9.85. The first-order valence-corrected chi connectivity index (χ1v) is 5.18. The Bertz CT molecular complexity index is 125.